The lowest BCUT2D eigenvalue weighted by Crippen LogP contribution is -2.12. The molecule has 0 aliphatic rings. The largest absolute Gasteiger partial charge is 0.398 e. The lowest BCUT2D eigenvalue weighted by atomic mass is 9.99. The van der Waals surface area contributed by atoms with E-state index < -0.39 is 5.82 Å². The molecule has 142 valence electrons. The number of halogens is 2. The average molecular weight is 369 g/mol. The molecule has 4 N–H and O–H groups in total. The van der Waals surface area contributed by atoms with Crippen LogP contribution in [-0.4, -0.2) is 5.71 Å². The van der Waals surface area contributed by atoms with Crippen molar-refractivity contribution in [1.82, 2.24) is 0 Å². The molecule has 0 atom stereocenters. The molecule has 2 aromatic carbocycles. The van der Waals surface area contributed by atoms with Crippen molar-refractivity contribution in [2.75, 3.05) is 11.1 Å². The predicted molar refractivity (Wildman–Crippen MR) is 110 cm³/mol. The second-order valence-corrected chi connectivity index (χ2v) is 6.38. The molecule has 0 saturated carbocycles. The zero-order valence-electron chi connectivity index (χ0n) is 15.7. The molecule has 0 aliphatic carbocycles. The number of hydrogen-bond acceptors (Lipinski definition) is 3. The van der Waals surface area contributed by atoms with Crippen LogP contribution in [0.2, 0.25) is 0 Å². The molecule has 0 aliphatic heterocycles. The molecule has 0 amide bonds. The molecule has 5 heteroatoms. The molecule has 0 unspecified atom stereocenters. The molecule has 0 fully saturated rings. The van der Waals surface area contributed by atoms with Gasteiger partial charge < -0.3 is 16.5 Å². The smallest absolute Gasteiger partial charge is 0.148 e. The molecule has 0 heterocycles. The molecular weight excluding hydrogens is 344 g/mol. The van der Waals surface area contributed by atoms with Crippen molar-refractivity contribution in [1.29, 1.82) is 5.41 Å². The molecule has 2 rings (SSSR count). The van der Waals surface area contributed by atoms with E-state index in [0.29, 0.717) is 5.56 Å². The van der Waals surface area contributed by atoms with Crippen molar-refractivity contribution in [3.8, 4) is 0 Å². The summed E-state index contributed by atoms with van der Waals surface area (Å²) in [4.78, 5) is 0. The van der Waals surface area contributed by atoms with Gasteiger partial charge in [-0.15, -0.1) is 0 Å². The van der Waals surface area contributed by atoms with Crippen LogP contribution >= 0.6 is 0 Å². The number of rotatable bonds is 8. The zero-order valence-corrected chi connectivity index (χ0v) is 15.7. The molecule has 0 radical (unpaired) electrons. The first-order valence-electron chi connectivity index (χ1n) is 8.93. The normalized spacial score (nSPS) is 11.1. The van der Waals surface area contributed by atoms with Crippen LogP contribution < -0.4 is 11.1 Å². The highest BCUT2D eigenvalue weighted by Crippen LogP contribution is 2.27. The highest BCUT2D eigenvalue weighted by molar-refractivity contribution is 6.12. The van der Waals surface area contributed by atoms with Gasteiger partial charge >= 0.3 is 0 Å². The fraction of sp³-hybridized carbons (Fsp3) is 0.227. The Morgan fingerprint density at radius 2 is 1.81 bits per heavy atom. The molecule has 0 saturated heterocycles. The van der Waals surface area contributed by atoms with Crippen LogP contribution in [0.3, 0.4) is 0 Å². The van der Waals surface area contributed by atoms with Crippen molar-refractivity contribution in [3.05, 3.63) is 77.5 Å². The first kappa shape index (κ1) is 20.4. The van der Waals surface area contributed by atoms with Crippen molar-refractivity contribution in [2.45, 2.75) is 26.7 Å². The molecule has 27 heavy (non-hydrogen) atoms. The van der Waals surface area contributed by atoms with Crippen molar-refractivity contribution >= 4 is 23.2 Å². The molecular formula is C22H25F2N3. The highest BCUT2D eigenvalue weighted by atomic mass is 19.1. The number of hydrogen-bond donors (Lipinski definition) is 3. The standard InChI is InChI=1S/C22H25F2N3/c1-4-16(5-2)14(3)27-22-12-18(21(26)13-19(22)24)20(25)11-8-15-6-9-17(23)10-7-15/h6-13,16,25,27H,3-5,26H2,1-2H3/b11-8+,25-20?. The van der Waals surface area contributed by atoms with Crippen molar-refractivity contribution in [3.63, 3.8) is 0 Å². The topological polar surface area (TPSA) is 61.9 Å². The number of anilines is 2. The summed E-state index contributed by atoms with van der Waals surface area (Å²) < 4.78 is 27.3. The van der Waals surface area contributed by atoms with E-state index in [-0.39, 0.29) is 28.8 Å². The third-order valence-electron chi connectivity index (χ3n) is 4.52. The Balaban J connectivity index is 2.24. The third-order valence-corrected chi connectivity index (χ3v) is 4.52. The lowest BCUT2D eigenvalue weighted by molar-refractivity contribution is 0.574. The van der Waals surface area contributed by atoms with Gasteiger partial charge in [-0.2, -0.15) is 0 Å². The minimum absolute atomic E-state index is 0.132. The lowest BCUT2D eigenvalue weighted by Gasteiger charge is -2.19. The second-order valence-electron chi connectivity index (χ2n) is 6.38. The third kappa shape index (κ3) is 5.26. The SMILES string of the molecule is C=C(Nc1cc(C(=N)/C=C/c2ccc(F)cc2)c(N)cc1F)C(CC)CC. The van der Waals surface area contributed by atoms with Gasteiger partial charge in [-0.25, -0.2) is 8.78 Å². The highest BCUT2D eigenvalue weighted by Gasteiger charge is 2.14. The van der Waals surface area contributed by atoms with Crippen LogP contribution in [0, 0.1) is 23.0 Å². The number of nitrogens with one attached hydrogen (secondary N) is 2. The summed E-state index contributed by atoms with van der Waals surface area (Å²) in [5.74, 6) is -0.569. The Kier molecular flexibility index (Phi) is 6.88. The van der Waals surface area contributed by atoms with Crippen molar-refractivity contribution < 1.29 is 8.78 Å². The van der Waals surface area contributed by atoms with Gasteiger partial charge in [-0.05, 0) is 54.7 Å². The van der Waals surface area contributed by atoms with E-state index in [4.69, 9.17) is 11.1 Å². The van der Waals surface area contributed by atoms with Crippen molar-refractivity contribution in [2.24, 2.45) is 5.92 Å². The summed E-state index contributed by atoms with van der Waals surface area (Å²) in [6.07, 6.45) is 5.04. The Morgan fingerprint density at radius 1 is 1.19 bits per heavy atom. The summed E-state index contributed by atoms with van der Waals surface area (Å²) in [5.41, 5.74) is 8.37. The Labute approximate surface area is 159 Å². The Bertz CT molecular complexity index is 851. The Morgan fingerprint density at radius 3 is 2.41 bits per heavy atom. The van der Waals surface area contributed by atoms with E-state index in [1.807, 2.05) is 0 Å². The minimum Gasteiger partial charge on any atom is -0.398 e. The van der Waals surface area contributed by atoms with Crippen LogP contribution in [0.1, 0.15) is 37.8 Å². The molecule has 0 bridgehead atoms. The van der Waals surface area contributed by atoms with Gasteiger partial charge in [0.15, 0.2) is 0 Å². The maximum atomic E-state index is 14.3. The second kappa shape index (κ2) is 9.12. The van der Waals surface area contributed by atoms with Gasteiger partial charge in [0, 0.05) is 16.9 Å². The molecule has 3 nitrogen and oxygen atoms in total. The summed E-state index contributed by atoms with van der Waals surface area (Å²) in [7, 11) is 0. The number of benzene rings is 2. The monoisotopic (exact) mass is 369 g/mol. The van der Waals surface area contributed by atoms with E-state index in [9.17, 15) is 8.78 Å². The first-order chi connectivity index (χ1) is 12.8. The van der Waals surface area contributed by atoms with Gasteiger partial charge in [0.05, 0.1) is 11.4 Å². The summed E-state index contributed by atoms with van der Waals surface area (Å²) >= 11 is 0. The number of nitrogens with two attached hydrogens (primary N) is 1. The van der Waals surface area contributed by atoms with Crippen LogP contribution in [-0.2, 0) is 0 Å². The van der Waals surface area contributed by atoms with Crippen LogP contribution in [0.4, 0.5) is 20.2 Å². The fourth-order valence-electron chi connectivity index (χ4n) is 2.82. The van der Waals surface area contributed by atoms with Gasteiger partial charge in [0.25, 0.3) is 0 Å². The first-order valence-corrected chi connectivity index (χ1v) is 8.93. The average Bonchev–Trinajstić information content (AvgIpc) is 2.64. The zero-order chi connectivity index (χ0) is 20.0. The molecule has 0 spiro atoms. The van der Waals surface area contributed by atoms with E-state index in [2.05, 4.69) is 25.7 Å². The summed E-state index contributed by atoms with van der Waals surface area (Å²) in [6.45, 7) is 8.12. The van der Waals surface area contributed by atoms with Crippen LogP contribution in [0.25, 0.3) is 6.08 Å². The quantitative estimate of drug-likeness (QED) is 0.395. The van der Waals surface area contributed by atoms with Crippen LogP contribution in [0.15, 0.2) is 54.8 Å². The fourth-order valence-corrected chi connectivity index (χ4v) is 2.82. The molecule has 0 aromatic heterocycles. The maximum absolute atomic E-state index is 14.3. The predicted octanol–water partition coefficient (Wildman–Crippen LogP) is 5.99. The summed E-state index contributed by atoms with van der Waals surface area (Å²) in [6, 6.07) is 8.65. The van der Waals surface area contributed by atoms with Crippen LogP contribution in [0.5, 0.6) is 0 Å². The van der Waals surface area contributed by atoms with Gasteiger partial charge in [0.1, 0.15) is 11.6 Å². The van der Waals surface area contributed by atoms with Gasteiger partial charge in [-0.1, -0.05) is 38.6 Å². The number of nitrogen functional groups attached to an aromatic ring is 1. The van der Waals surface area contributed by atoms with Gasteiger partial charge in [0.2, 0.25) is 0 Å². The number of allylic oxidation sites excluding steroid dienone is 2. The van der Waals surface area contributed by atoms with E-state index in [1.165, 1.54) is 24.3 Å². The Hall–Kier alpha value is -2.95. The maximum Gasteiger partial charge on any atom is 0.148 e. The summed E-state index contributed by atoms with van der Waals surface area (Å²) in [5, 5.41) is 11.3. The van der Waals surface area contributed by atoms with E-state index >= 15 is 0 Å². The molecule has 2 aromatic rings. The van der Waals surface area contributed by atoms with E-state index in [0.717, 1.165) is 24.1 Å². The minimum atomic E-state index is -0.487. The van der Waals surface area contributed by atoms with Gasteiger partial charge in [-0.3, -0.25) is 0 Å². The van der Waals surface area contributed by atoms with E-state index in [1.54, 1.807) is 24.3 Å².